The van der Waals surface area contributed by atoms with Crippen molar-refractivity contribution in [3.8, 4) is 0 Å². The topological polar surface area (TPSA) is 34.1 Å². The molecule has 2 nitrogen and oxygen atoms in total. The van der Waals surface area contributed by atoms with Gasteiger partial charge in [-0.05, 0) is 6.42 Å². The Morgan fingerprint density at radius 3 is 2.36 bits per heavy atom. The third-order valence-corrected chi connectivity index (χ3v) is 2.86. The molecule has 0 aromatic carbocycles. The van der Waals surface area contributed by atoms with Gasteiger partial charge in [0.1, 0.15) is 4.83 Å². The minimum Gasteiger partial charge on any atom is -0.298 e. The fourth-order valence-electron chi connectivity index (χ4n) is 1.27. The van der Waals surface area contributed by atoms with Crippen LogP contribution in [0.2, 0.25) is 0 Å². The van der Waals surface area contributed by atoms with Crippen LogP contribution in [-0.2, 0) is 9.59 Å². The first-order valence-corrected chi connectivity index (χ1v) is 6.18. The molecule has 0 aromatic heterocycles. The summed E-state index contributed by atoms with van der Waals surface area (Å²) in [5.41, 5.74) is 0. The summed E-state index contributed by atoms with van der Waals surface area (Å²) in [5, 5.41) is 0. The van der Waals surface area contributed by atoms with Crippen molar-refractivity contribution >= 4 is 28.0 Å². The molecule has 0 spiro atoms. The molecule has 0 aromatic rings. The van der Waals surface area contributed by atoms with Crippen molar-refractivity contribution in [3.05, 3.63) is 0 Å². The highest BCUT2D eigenvalue weighted by Crippen LogP contribution is 2.09. The van der Waals surface area contributed by atoms with Crippen molar-refractivity contribution in [3.63, 3.8) is 0 Å². The number of unbranched alkanes of at least 4 members (excludes halogenated alkanes) is 5. The van der Waals surface area contributed by atoms with Gasteiger partial charge < -0.3 is 0 Å². The zero-order valence-corrected chi connectivity index (χ0v) is 10.3. The third-order valence-electron chi connectivity index (χ3n) is 2.16. The van der Waals surface area contributed by atoms with Crippen LogP contribution < -0.4 is 0 Å². The Hall–Kier alpha value is -0.180. The van der Waals surface area contributed by atoms with Crippen molar-refractivity contribution in [2.75, 3.05) is 0 Å². The van der Waals surface area contributed by atoms with Gasteiger partial charge in [-0.3, -0.25) is 9.59 Å². The molecule has 0 aliphatic rings. The van der Waals surface area contributed by atoms with E-state index in [2.05, 4.69) is 22.9 Å². The molecule has 0 bridgehead atoms. The van der Waals surface area contributed by atoms with Gasteiger partial charge in [0.15, 0.2) is 5.78 Å². The lowest BCUT2D eigenvalue weighted by molar-refractivity contribution is -0.117. The maximum Gasteiger partial charge on any atom is 0.221 e. The maximum absolute atomic E-state index is 11.2. The smallest absolute Gasteiger partial charge is 0.221 e. The molecule has 81 valence electrons. The van der Waals surface area contributed by atoms with E-state index in [0.717, 1.165) is 12.8 Å². The van der Waals surface area contributed by atoms with Gasteiger partial charge in [-0.25, -0.2) is 0 Å². The summed E-state index contributed by atoms with van der Waals surface area (Å²) in [6.07, 6.45) is 9.08. The monoisotopic (exact) mass is 261 g/mol. The molecule has 0 aliphatic heterocycles. The number of carbonyl (C=O) groups is 1. The summed E-state index contributed by atoms with van der Waals surface area (Å²) in [5.74, 6) is -0.0458. The van der Waals surface area contributed by atoms with E-state index < -0.39 is 4.83 Å². The van der Waals surface area contributed by atoms with Crippen LogP contribution in [-0.4, -0.2) is 16.9 Å². The fraction of sp³-hybridized carbons (Fsp3) is 0.818. The Balaban J connectivity index is 3.27. The Morgan fingerprint density at radius 2 is 1.79 bits per heavy atom. The molecule has 0 amide bonds. The van der Waals surface area contributed by atoms with Gasteiger partial charge in [0.2, 0.25) is 6.29 Å². The van der Waals surface area contributed by atoms with Gasteiger partial charge in [-0.15, -0.1) is 0 Å². The highest BCUT2D eigenvalue weighted by molar-refractivity contribution is 9.10. The largest absolute Gasteiger partial charge is 0.298 e. The standard InChI is InChI=1S/C11H18BrO2/c1-2-3-4-5-6-7-8-11(14)10(12)9-13/h10H,2-8H2,1H3. The summed E-state index contributed by atoms with van der Waals surface area (Å²) in [4.78, 5) is 20.6. The lowest BCUT2D eigenvalue weighted by Crippen LogP contribution is -2.14. The second-order valence-electron chi connectivity index (χ2n) is 3.46. The molecule has 1 radical (unpaired) electrons. The third kappa shape index (κ3) is 7.25. The summed E-state index contributed by atoms with van der Waals surface area (Å²) >= 11 is 2.96. The Morgan fingerprint density at radius 1 is 1.21 bits per heavy atom. The molecule has 0 rings (SSSR count). The lowest BCUT2D eigenvalue weighted by Gasteiger charge is -2.01. The summed E-state index contributed by atoms with van der Waals surface area (Å²) in [6.45, 7) is 2.18. The first-order valence-electron chi connectivity index (χ1n) is 5.26. The predicted molar refractivity (Wildman–Crippen MR) is 61.4 cm³/mol. The second kappa shape index (κ2) is 9.38. The molecule has 0 fully saturated rings. The lowest BCUT2D eigenvalue weighted by atomic mass is 10.1. The molecule has 0 N–H and O–H groups in total. The number of alkyl halides is 1. The van der Waals surface area contributed by atoms with Crippen LogP contribution in [0.1, 0.15) is 51.9 Å². The molecule has 14 heavy (non-hydrogen) atoms. The molecule has 0 saturated heterocycles. The van der Waals surface area contributed by atoms with Crippen molar-refractivity contribution in [2.24, 2.45) is 0 Å². The average Bonchev–Trinajstić information content (AvgIpc) is 2.21. The minimum atomic E-state index is -0.710. The number of Topliss-reactive ketones (excluding diaryl/α,β-unsaturated/α-hetero) is 1. The van der Waals surface area contributed by atoms with Crippen LogP contribution >= 0.6 is 15.9 Å². The highest BCUT2D eigenvalue weighted by Gasteiger charge is 2.13. The van der Waals surface area contributed by atoms with E-state index >= 15 is 0 Å². The van der Waals surface area contributed by atoms with Crippen molar-refractivity contribution in [2.45, 2.75) is 56.7 Å². The quantitative estimate of drug-likeness (QED) is 0.363. The second-order valence-corrected chi connectivity index (χ2v) is 4.38. The van der Waals surface area contributed by atoms with E-state index in [9.17, 15) is 9.59 Å². The number of rotatable bonds is 9. The van der Waals surface area contributed by atoms with Gasteiger partial charge in [0, 0.05) is 6.42 Å². The zero-order chi connectivity index (χ0) is 10.8. The molecule has 1 atom stereocenters. The summed E-state index contributed by atoms with van der Waals surface area (Å²) in [7, 11) is 0. The SMILES string of the molecule is CCCCCCCCC(=O)C(Br)[C]=O. The van der Waals surface area contributed by atoms with Crippen molar-refractivity contribution < 1.29 is 9.59 Å². The van der Waals surface area contributed by atoms with Crippen LogP contribution in [0.4, 0.5) is 0 Å². The van der Waals surface area contributed by atoms with E-state index in [1.165, 1.54) is 25.7 Å². The number of hydrogen-bond acceptors (Lipinski definition) is 2. The normalized spacial score (nSPS) is 12.4. The minimum absolute atomic E-state index is 0.0458. The van der Waals surface area contributed by atoms with Gasteiger partial charge in [0.05, 0.1) is 0 Å². The number of hydrogen-bond donors (Lipinski definition) is 0. The highest BCUT2D eigenvalue weighted by atomic mass is 79.9. The van der Waals surface area contributed by atoms with Gasteiger partial charge in [0.25, 0.3) is 0 Å². The van der Waals surface area contributed by atoms with Crippen LogP contribution in [0, 0.1) is 0 Å². The van der Waals surface area contributed by atoms with E-state index in [1.54, 1.807) is 6.29 Å². The molecule has 0 saturated carbocycles. The van der Waals surface area contributed by atoms with Crippen LogP contribution in [0.25, 0.3) is 0 Å². The van der Waals surface area contributed by atoms with E-state index in [1.807, 2.05) is 0 Å². The number of ketones is 1. The van der Waals surface area contributed by atoms with Crippen LogP contribution in [0.15, 0.2) is 0 Å². The molecule has 0 heterocycles. The average molecular weight is 262 g/mol. The molecule has 0 aliphatic carbocycles. The number of carbonyl (C=O) groups excluding carboxylic acids is 2. The fourth-order valence-corrected chi connectivity index (χ4v) is 1.50. The Bertz CT molecular complexity index is 169. The van der Waals surface area contributed by atoms with Crippen molar-refractivity contribution in [1.82, 2.24) is 0 Å². The molecule has 3 heteroatoms. The predicted octanol–water partition coefficient (Wildman–Crippen LogP) is 3.18. The Labute approximate surface area is 94.6 Å². The molecule has 1 unspecified atom stereocenters. The van der Waals surface area contributed by atoms with Crippen LogP contribution in [0.3, 0.4) is 0 Å². The van der Waals surface area contributed by atoms with Crippen LogP contribution in [0.5, 0.6) is 0 Å². The van der Waals surface area contributed by atoms with Gasteiger partial charge in [-0.1, -0.05) is 55.0 Å². The van der Waals surface area contributed by atoms with Gasteiger partial charge >= 0.3 is 0 Å². The zero-order valence-electron chi connectivity index (χ0n) is 8.72. The van der Waals surface area contributed by atoms with E-state index in [4.69, 9.17) is 0 Å². The summed E-state index contributed by atoms with van der Waals surface area (Å²) < 4.78 is 0. The molecular formula is C11H18BrO2. The van der Waals surface area contributed by atoms with Gasteiger partial charge in [-0.2, -0.15) is 0 Å². The van der Waals surface area contributed by atoms with Crippen molar-refractivity contribution in [1.29, 1.82) is 0 Å². The molecular weight excluding hydrogens is 244 g/mol. The van der Waals surface area contributed by atoms with E-state index in [0.29, 0.717) is 6.42 Å². The Kier molecular flexibility index (Phi) is 9.26. The van der Waals surface area contributed by atoms with E-state index in [-0.39, 0.29) is 5.78 Å². The number of halogens is 1. The maximum atomic E-state index is 11.2. The first kappa shape index (κ1) is 13.8. The summed E-state index contributed by atoms with van der Waals surface area (Å²) in [6, 6.07) is 0. The first-order chi connectivity index (χ1) is 6.72.